The number of hydrogen-bond acceptors (Lipinski definition) is 4. The summed E-state index contributed by atoms with van der Waals surface area (Å²) in [4.78, 5) is 25.2. The first kappa shape index (κ1) is 13.5. The van der Waals surface area contributed by atoms with Crippen LogP contribution in [0.2, 0.25) is 0 Å². The first-order valence-corrected chi connectivity index (χ1v) is 6.46. The molecule has 0 radical (unpaired) electrons. The maximum absolute atomic E-state index is 12.0. The van der Waals surface area contributed by atoms with Crippen LogP contribution in [0.3, 0.4) is 0 Å². The minimum Gasteiger partial charge on any atom is -0.484 e. The number of imide groups is 1. The Hall–Kier alpha value is -1.88. The molecule has 5 nitrogen and oxygen atoms in total. The molecule has 1 aromatic rings. The zero-order valence-corrected chi connectivity index (χ0v) is 10.7. The zero-order valence-electron chi connectivity index (χ0n) is 10.7. The van der Waals surface area contributed by atoms with Crippen LogP contribution in [0.25, 0.3) is 0 Å². The van der Waals surface area contributed by atoms with Crippen molar-refractivity contribution in [2.24, 2.45) is 5.73 Å². The summed E-state index contributed by atoms with van der Waals surface area (Å²) in [5.74, 6) is -0.00668. The lowest BCUT2D eigenvalue weighted by atomic mass is 10.1. The maximum atomic E-state index is 12.0. The highest BCUT2D eigenvalue weighted by Gasteiger charge is 2.28. The number of hydrogen-bond donors (Lipinski definition) is 1. The standard InChI is InChI=1S/C14H18N2O3/c15-12-8-4-5-9-16(14(12)18)13(17)10-19-11-6-2-1-3-7-11/h1-3,6-7,12H,4-5,8-10,15H2. The van der Waals surface area contributed by atoms with Crippen LogP contribution >= 0.6 is 0 Å². The van der Waals surface area contributed by atoms with Crippen molar-refractivity contribution in [1.82, 2.24) is 4.90 Å². The van der Waals surface area contributed by atoms with E-state index in [-0.39, 0.29) is 18.4 Å². The van der Waals surface area contributed by atoms with Crippen LogP contribution in [-0.4, -0.2) is 35.9 Å². The first-order chi connectivity index (χ1) is 9.18. The average molecular weight is 262 g/mol. The van der Waals surface area contributed by atoms with E-state index >= 15 is 0 Å². The van der Waals surface area contributed by atoms with E-state index in [1.807, 2.05) is 18.2 Å². The van der Waals surface area contributed by atoms with Crippen molar-refractivity contribution >= 4 is 11.8 Å². The van der Waals surface area contributed by atoms with Crippen molar-refractivity contribution in [3.05, 3.63) is 30.3 Å². The van der Waals surface area contributed by atoms with Crippen LogP contribution in [0.5, 0.6) is 5.75 Å². The second-order valence-corrected chi connectivity index (χ2v) is 4.59. The van der Waals surface area contributed by atoms with Gasteiger partial charge in [0.1, 0.15) is 5.75 Å². The highest BCUT2D eigenvalue weighted by molar-refractivity contribution is 5.98. The Bertz CT molecular complexity index is 447. The number of benzene rings is 1. The number of amides is 2. The molecule has 2 amide bonds. The third-order valence-corrected chi connectivity index (χ3v) is 3.14. The summed E-state index contributed by atoms with van der Waals surface area (Å²) < 4.78 is 5.36. The van der Waals surface area contributed by atoms with Gasteiger partial charge in [-0.05, 0) is 31.4 Å². The molecule has 1 aromatic carbocycles. The molecule has 1 atom stereocenters. The van der Waals surface area contributed by atoms with Crippen molar-refractivity contribution in [1.29, 1.82) is 0 Å². The Labute approximate surface area is 112 Å². The summed E-state index contributed by atoms with van der Waals surface area (Å²) in [6, 6.07) is 8.49. The van der Waals surface area contributed by atoms with Crippen LogP contribution in [0, 0.1) is 0 Å². The highest BCUT2D eigenvalue weighted by Crippen LogP contribution is 2.12. The molecular formula is C14H18N2O3. The van der Waals surface area contributed by atoms with Crippen LogP contribution in [0.1, 0.15) is 19.3 Å². The summed E-state index contributed by atoms with van der Waals surface area (Å²) in [5, 5.41) is 0. The van der Waals surface area contributed by atoms with Crippen molar-refractivity contribution in [3.8, 4) is 5.75 Å². The van der Waals surface area contributed by atoms with Gasteiger partial charge in [0.25, 0.3) is 5.91 Å². The molecule has 5 heteroatoms. The lowest BCUT2D eigenvalue weighted by molar-refractivity contribution is -0.146. The molecule has 0 spiro atoms. The predicted octanol–water partition coefficient (Wildman–Crippen LogP) is 0.932. The van der Waals surface area contributed by atoms with Gasteiger partial charge in [0.05, 0.1) is 6.04 Å². The highest BCUT2D eigenvalue weighted by atomic mass is 16.5. The number of rotatable bonds is 3. The maximum Gasteiger partial charge on any atom is 0.267 e. The van der Waals surface area contributed by atoms with E-state index in [9.17, 15) is 9.59 Å². The summed E-state index contributed by atoms with van der Waals surface area (Å²) in [5.41, 5.74) is 5.73. The van der Waals surface area contributed by atoms with Gasteiger partial charge in [-0.15, -0.1) is 0 Å². The van der Waals surface area contributed by atoms with Crippen molar-refractivity contribution in [2.45, 2.75) is 25.3 Å². The molecule has 1 unspecified atom stereocenters. The first-order valence-electron chi connectivity index (χ1n) is 6.46. The van der Waals surface area contributed by atoms with Gasteiger partial charge in [-0.3, -0.25) is 14.5 Å². The van der Waals surface area contributed by atoms with Crippen molar-refractivity contribution < 1.29 is 14.3 Å². The van der Waals surface area contributed by atoms with E-state index in [4.69, 9.17) is 10.5 Å². The van der Waals surface area contributed by atoms with Crippen molar-refractivity contribution in [2.75, 3.05) is 13.2 Å². The molecule has 1 fully saturated rings. The summed E-state index contributed by atoms with van der Waals surface area (Å²) >= 11 is 0. The van der Waals surface area contributed by atoms with Gasteiger partial charge in [-0.1, -0.05) is 18.2 Å². The molecule has 0 aromatic heterocycles. The van der Waals surface area contributed by atoms with Gasteiger partial charge in [-0.25, -0.2) is 0 Å². The molecule has 102 valence electrons. The quantitative estimate of drug-likeness (QED) is 0.879. The Morgan fingerprint density at radius 2 is 2.05 bits per heavy atom. The molecule has 2 rings (SSSR count). The normalized spacial score (nSPS) is 19.9. The van der Waals surface area contributed by atoms with E-state index in [1.54, 1.807) is 12.1 Å². The van der Waals surface area contributed by atoms with Gasteiger partial charge in [0, 0.05) is 6.54 Å². The predicted molar refractivity (Wildman–Crippen MR) is 70.5 cm³/mol. The van der Waals surface area contributed by atoms with Gasteiger partial charge in [0.15, 0.2) is 6.61 Å². The molecule has 19 heavy (non-hydrogen) atoms. The Morgan fingerprint density at radius 1 is 1.32 bits per heavy atom. The molecule has 1 saturated heterocycles. The second kappa shape index (κ2) is 6.33. The van der Waals surface area contributed by atoms with E-state index in [2.05, 4.69) is 0 Å². The van der Waals surface area contributed by atoms with Gasteiger partial charge in [0.2, 0.25) is 5.91 Å². The molecule has 0 saturated carbocycles. The fraction of sp³-hybridized carbons (Fsp3) is 0.429. The summed E-state index contributed by atoms with van der Waals surface area (Å²) in [6.45, 7) is 0.298. The number of nitrogens with two attached hydrogens (primary N) is 1. The monoisotopic (exact) mass is 262 g/mol. The lowest BCUT2D eigenvalue weighted by Gasteiger charge is -2.20. The number of carbonyl (C=O) groups excluding carboxylic acids is 2. The number of nitrogens with zero attached hydrogens (tertiary/aromatic N) is 1. The van der Waals surface area contributed by atoms with Crippen molar-refractivity contribution in [3.63, 3.8) is 0 Å². The van der Waals surface area contributed by atoms with E-state index in [0.717, 1.165) is 12.8 Å². The smallest absolute Gasteiger partial charge is 0.267 e. The SMILES string of the molecule is NC1CCCCN(C(=O)COc2ccccc2)C1=O. The average Bonchev–Trinajstić information content (AvgIpc) is 2.60. The van der Waals surface area contributed by atoms with Gasteiger partial charge >= 0.3 is 0 Å². The van der Waals surface area contributed by atoms with Crippen LogP contribution in [0.4, 0.5) is 0 Å². The zero-order chi connectivity index (χ0) is 13.7. The molecule has 1 heterocycles. The van der Waals surface area contributed by atoms with Crippen LogP contribution in [-0.2, 0) is 9.59 Å². The molecule has 0 aliphatic carbocycles. The minimum atomic E-state index is -0.567. The largest absolute Gasteiger partial charge is 0.484 e. The Morgan fingerprint density at radius 3 is 2.79 bits per heavy atom. The van der Waals surface area contributed by atoms with E-state index in [1.165, 1.54) is 4.90 Å². The Kier molecular flexibility index (Phi) is 4.52. The van der Waals surface area contributed by atoms with Crippen LogP contribution in [0.15, 0.2) is 30.3 Å². The lowest BCUT2D eigenvalue weighted by Crippen LogP contribution is -2.47. The van der Waals surface area contributed by atoms with Gasteiger partial charge < -0.3 is 10.5 Å². The van der Waals surface area contributed by atoms with Crippen LogP contribution < -0.4 is 10.5 Å². The fourth-order valence-electron chi connectivity index (χ4n) is 2.06. The number of ether oxygens (including phenoxy) is 1. The summed E-state index contributed by atoms with van der Waals surface area (Å²) in [7, 11) is 0. The third kappa shape index (κ3) is 3.54. The number of para-hydroxylation sites is 1. The summed E-state index contributed by atoms with van der Waals surface area (Å²) in [6.07, 6.45) is 2.31. The molecular weight excluding hydrogens is 244 g/mol. The number of carbonyl (C=O) groups is 2. The molecule has 2 N–H and O–H groups in total. The third-order valence-electron chi connectivity index (χ3n) is 3.14. The second-order valence-electron chi connectivity index (χ2n) is 4.59. The fourth-order valence-corrected chi connectivity index (χ4v) is 2.06. The Balaban J connectivity index is 1.93. The van der Waals surface area contributed by atoms with E-state index < -0.39 is 6.04 Å². The molecule has 1 aliphatic heterocycles. The molecule has 1 aliphatic rings. The topological polar surface area (TPSA) is 72.6 Å². The van der Waals surface area contributed by atoms with E-state index in [0.29, 0.717) is 18.7 Å². The van der Waals surface area contributed by atoms with Gasteiger partial charge in [-0.2, -0.15) is 0 Å². The number of likely N-dealkylation sites (tertiary alicyclic amines) is 1. The molecule has 0 bridgehead atoms. The minimum absolute atomic E-state index is 0.136.